The maximum absolute atomic E-state index is 13.6. The number of methoxy groups -OCH3 is 1. The van der Waals surface area contributed by atoms with Gasteiger partial charge in [0.25, 0.3) is 11.8 Å². The molecule has 1 unspecified atom stereocenters. The first kappa shape index (κ1) is 42.0. The molecule has 0 spiro atoms. The van der Waals surface area contributed by atoms with E-state index < -0.39 is 18.0 Å². The quantitative estimate of drug-likeness (QED) is 0.0777. The molecular weight excluding hydrogens is 845 g/mol. The summed E-state index contributed by atoms with van der Waals surface area (Å²) in [5.41, 5.74) is 3.63. The van der Waals surface area contributed by atoms with Crippen LogP contribution in [0.3, 0.4) is 0 Å². The fraction of sp³-hybridized carbons (Fsp3) is 0.317. The number of benzene rings is 2. The lowest BCUT2D eigenvalue weighted by Crippen LogP contribution is -2.52. The number of nitrogens with zero attached hydrogens (tertiary/aromatic N) is 6. The number of nitrogens with one attached hydrogen (secondary N) is 5. The Morgan fingerprint density at radius 3 is 2.66 bits per heavy atom. The van der Waals surface area contributed by atoms with E-state index in [1.807, 2.05) is 0 Å². The number of hydrogen-bond acceptors (Lipinski definition) is 12. The molecule has 0 aliphatic carbocycles. The molecule has 3 aromatic heterocycles. The molecule has 62 heavy (non-hydrogen) atoms. The second-order valence-corrected chi connectivity index (χ2v) is 15.9. The molecule has 2 fully saturated rings. The molecule has 5 aromatic rings. The number of carbonyl (C=O) groups is 5. The maximum atomic E-state index is 13.6. The van der Waals surface area contributed by atoms with E-state index in [0.29, 0.717) is 51.8 Å². The number of aryl methyl sites for hydroxylation is 1. The fourth-order valence-corrected chi connectivity index (χ4v) is 8.08. The summed E-state index contributed by atoms with van der Waals surface area (Å²) < 4.78 is 19.5. The van der Waals surface area contributed by atoms with Crippen LogP contribution in [0.15, 0.2) is 67.1 Å². The third-order valence-electron chi connectivity index (χ3n) is 10.7. The number of amides is 6. The number of rotatable bonds is 14. The molecule has 6 heterocycles. The van der Waals surface area contributed by atoms with Gasteiger partial charge in [-0.25, -0.2) is 4.79 Å². The largest absolute Gasteiger partial charge is 0.489 e. The zero-order valence-electron chi connectivity index (χ0n) is 33.5. The van der Waals surface area contributed by atoms with Crippen molar-refractivity contribution in [3.8, 4) is 11.6 Å². The van der Waals surface area contributed by atoms with E-state index in [2.05, 4.69) is 47.9 Å². The van der Waals surface area contributed by atoms with Crippen LogP contribution in [-0.2, 0) is 39.3 Å². The minimum Gasteiger partial charge on any atom is -0.489 e. The van der Waals surface area contributed by atoms with Gasteiger partial charge in [0.15, 0.2) is 0 Å². The molecule has 322 valence electrons. The molecule has 3 atom stereocenters. The molecule has 21 heteroatoms. The van der Waals surface area contributed by atoms with Crippen LogP contribution >= 0.6 is 23.2 Å². The summed E-state index contributed by atoms with van der Waals surface area (Å²) in [6.07, 6.45) is 5.12. The minimum absolute atomic E-state index is 0.141. The van der Waals surface area contributed by atoms with Gasteiger partial charge in [-0.3, -0.25) is 29.2 Å². The first-order valence-corrected chi connectivity index (χ1v) is 20.2. The summed E-state index contributed by atoms with van der Waals surface area (Å²) in [4.78, 5) is 78.7. The number of ether oxygens (including phenoxy) is 3. The van der Waals surface area contributed by atoms with E-state index in [1.165, 1.54) is 4.90 Å². The highest BCUT2D eigenvalue weighted by molar-refractivity contribution is 6.36. The van der Waals surface area contributed by atoms with Crippen LogP contribution < -0.4 is 30.7 Å². The van der Waals surface area contributed by atoms with E-state index in [0.717, 1.165) is 11.1 Å². The summed E-state index contributed by atoms with van der Waals surface area (Å²) in [5.74, 6) is -0.815. The lowest BCUT2D eigenvalue weighted by molar-refractivity contribution is -0.137. The maximum Gasteiger partial charge on any atom is 0.319 e. The number of imide groups is 1. The first-order chi connectivity index (χ1) is 29.8. The lowest BCUT2D eigenvalue weighted by atomic mass is 10.0. The normalized spacial score (nSPS) is 18.5. The second kappa shape index (κ2) is 17.7. The molecule has 3 aliphatic heterocycles. The third kappa shape index (κ3) is 9.14. The van der Waals surface area contributed by atoms with Crippen molar-refractivity contribution >= 4 is 81.2 Å². The van der Waals surface area contributed by atoms with E-state index >= 15 is 0 Å². The number of H-pyrrole nitrogens is 1. The van der Waals surface area contributed by atoms with Crippen LogP contribution in [0, 0.1) is 5.92 Å². The number of anilines is 3. The summed E-state index contributed by atoms with van der Waals surface area (Å²) in [6.45, 7) is 4.96. The summed E-state index contributed by atoms with van der Waals surface area (Å²) in [6, 6.07) is 8.62. The molecule has 3 aliphatic rings. The number of urea groups is 1. The zero-order valence-corrected chi connectivity index (χ0v) is 35.0. The SMILES string of the molecule is C=C(COc1cc(Cl)cc(NC(=O)NCc2ccc3c(c2)CN(C2CCC(=O)NC2=O)C3=O)c1)C(=O)N1C[C@H](COc2nc(Nc3cnn(C)c3)nc3[nH]cc(Cl)c23)[C@@H](OC)C1. The van der Waals surface area contributed by atoms with Gasteiger partial charge in [-0.15, -0.1) is 0 Å². The third-order valence-corrected chi connectivity index (χ3v) is 11.2. The van der Waals surface area contributed by atoms with Gasteiger partial charge >= 0.3 is 6.03 Å². The van der Waals surface area contributed by atoms with Crippen molar-refractivity contribution < 1.29 is 38.2 Å². The molecule has 6 amide bonds. The van der Waals surface area contributed by atoms with Gasteiger partial charge in [0, 0.05) is 93.0 Å². The molecule has 8 rings (SSSR count). The number of piperidine rings is 1. The predicted molar refractivity (Wildman–Crippen MR) is 226 cm³/mol. The van der Waals surface area contributed by atoms with E-state index in [1.54, 1.807) is 78.7 Å². The van der Waals surface area contributed by atoms with Crippen molar-refractivity contribution in [2.45, 2.75) is 38.1 Å². The minimum atomic E-state index is -0.718. The summed E-state index contributed by atoms with van der Waals surface area (Å²) in [7, 11) is 3.37. The average Bonchev–Trinajstić information content (AvgIpc) is 4.03. The molecule has 19 nitrogen and oxygen atoms in total. The Morgan fingerprint density at radius 2 is 1.89 bits per heavy atom. The van der Waals surface area contributed by atoms with Crippen molar-refractivity contribution in [1.29, 1.82) is 0 Å². The van der Waals surface area contributed by atoms with Gasteiger partial charge in [-0.2, -0.15) is 15.1 Å². The highest BCUT2D eigenvalue weighted by Crippen LogP contribution is 2.33. The van der Waals surface area contributed by atoms with Gasteiger partial charge in [0.1, 0.15) is 24.0 Å². The van der Waals surface area contributed by atoms with E-state index in [-0.39, 0.29) is 91.3 Å². The lowest BCUT2D eigenvalue weighted by Gasteiger charge is -2.29. The number of likely N-dealkylation sites (tertiary alicyclic amines) is 1. The van der Waals surface area contributed by atoms with Gasteiger partial charge < -0.3 is 44.9 Å². The number of aromatic nitrogens is 5. The van der Waals surface area contributed by atoms with Crippen LogP contribution in [0.2, 0.25) is 10.0 Å². The molecule has 2 aromatic carbocycles. The second-order valence-electron chi connectivity index (χ2n) is 15.1. The van der Waals surface area contributed by atoms with Gasteiger partial charge in [0.2, 0.25) is 23.6 Å². The monoisotopic (exact) mass is 885 g/mol. The Balaban J connectivity index is 0.823. The number of fused-ring (bicyclic) bond motifs is 2. The highest BCUT2D eigenvalue weighted by Gasteiger charge is 2.39. The standard InChI is InChI=1S/C41H41Cl2N11O8/c1-21(38(57)53-15-24(32(18-53)60-3)20-62-37-34-30(43)14-44-35(34)50-40(51-37)47-27-13-46-52(2)17-27)19-61-28-10-25(42)9-26(11-28)48-41(59)45-12-22-4-5-29-23(8-22)16-54(39(29)58)31-6-7-33(55)49-36(31)56/h4-5,8-11,13-14,17,24,31-32H,1,6-7,12,15-16,18-20H2,2-3H3,(H2,45,48,59)(H,49,55,56)(H2,44,47,50,51)/t24-,31?,32+/m1/s1. The molecule has 0 saturated carbocycles. The molecule has 0 radical (unpaired) electrons. The smallest absolute Gasteiger partial charge is 0.319 e. The fourth-order valence-electron chi connectivity index (χ4n) is 7.63. The molecular formula is C41H41Cl2N11O8. The van der Waals surface area contributed by atoms with Crippen LogP contribution in [0.5, 0.6) is 11.6 Å². The van der Waals surface area contributed by atoms with Gasteiger partial charge in [-0.05, 0) is 35.7 Å². The van der Waals surface area contributed by atoms with Gasteiger partial charge in [0.05, 0.1) is 35.0 Å². The summed E-state index contributed by atoms with van der Waals surface area (Å²) in [5, 5.41) is 16.3. The highest BCUT2D eigenvalue weighted by atomic mass is 35.5. The van der Waals surface area contributed by atoms with Crippen molar-refractivity contribution in [3.63, 3.8) is 0 Å². The Labute approximate surface area is 364 Å². The summed E-state index contributed by atoms with van der Waals surface area (Å²) >= 11 is 12.8. The van der Waals surface area contributed by atoms with Crippen LogP contribution in [0.25, 0.3) is 11.0 Å². The van der Waals surface area contributed by atoms with Crippen molar-refractivity contribution in [2.75, 3.05) is 44.0 Å². The Morgan fingerprint density at radius 1 is 1.05 bits per heavy atom. The van der Waals surface area contributed by atoms with Crippen LogP contribution in [-0.4, -0.2) is 110 Å². The number of aromatic amines is 1. The molecule has 5 N–H and O–H groups in total. The van der Waals surface area contributed by atoms with Crippen molar-refractivity contribution in [1.82, 2.24) is 45.2 Å². The van der Waals surface area contributed by atoms with Crippen molar-refractivity contribution in [2.24, 2.45) is 13.0 Å². The van der Waals surface area contributed by atoms with E-state index in [9.17, 15) is 24.0 Å². The zero-order chi connectivity index (χ0) is 43.7. The number of hydrogen-bond donors (Lipinski definition) is 5. The number of halogens is 2. The topological polar surface area (TPSA) is 227 Å². The van der Waals surface area contributed by atoms with E-state index in [4.69, 9.17) is 37.4 Å². The van der Waals surface area contributed by atoms with Crippen molar-refractivity contribution in [3.05, 3.63) is 93.9 Å². The number of carbonyl (C=O) groups excluding carboxylic acids is 5. The Kier molecular flexibility index (Phi) is 12.0. The first-order valence-electron chi connectivity index (χ1n) is 19.5. The average molecular weight is 887 g/mol. The predicted octanol–water partition coefficient (Wildman–Crippen LogP) is 4.31. The van der Waals surface area contributed by atoms with Crippen LogP contribution in [0.4, 0.5) is 22.1 Å². The van der Waals surface area contributed by atoms with Gasteiger partial charge in [-0.1, -0.05) is 41.9 Å². The van der Waals surface area contributed by atoms with Crippen LogP contribution in [0.1, 0.15) is 34.3 Å². The molecule has 0 bridgehead atoms. The molecule has 2 saturated heterocycles. The Bertz CT molecular complexity index is 2610. The Hall–Kier alpha value is -6.70.